The first-order chi connectivity index (χ1) is 15.2. The summed E-state index contributed by atoms with van der Waals surface area (Å²) < 4.78 is 12.1. The molecule has 0 fully saturated rings. The van der Waals surface area contributed by atoms with Gasteiger partial charge in [0, 0.05) is 17.3 Å². The molecule has 0 aliphatic heterocycles. The van der Waals surface area contributed by atoms with E-state index in [2.05, 4.69) is 23.2 Å². The first-order valence-corrected chi connectivity index (χ1v) is 13.2. The Labute approximate surface area is 196 Å². The van der Waals surface area contributed by atoms with Crippen LogP contribution >= 0.6 is 32.9 Å². The largest absolute Gasteiger partial charge is 0.494 e. The average molecular weight is 474 g/mol. The molecule has 31 heavy (non-hydrogen) atoms. The first kappa shape index (κ1) is 23.6. The highest BCUT2D eigenvalue weighted by atomic mass is 32.9. The van der Waals surface area contributed by atoms with Crippen molar-refractivity contribution in [3.05, 3.63) is 64.2 Å². The Morgan fingerprint density at radius 3 is 2.26 bits per heavy atom. The highest BCUT2D eigenvalue weighted by Gasteiger charge is 2.05. The lowest BCUT2D eigenvalue weighted by atomic mass is 10.1. The zero-order valence-electron chi connectivity index (χ0n) is 17.5. The Hall–Kier alpha value is -2.09. The minimum atomic E-state index is -0.291. The second kappa shape index (κ2) is 13.3. The van der Waals surface area contributed by atoms with Crippen molar-refractivity contribution < 1.29 is 14.3 Å². The van der Waals surface area contributed by atoms with Crippen molar-refractivity contribution in [3.8, 4) is 16.2 Å². The van der Waals surface area contributed by atoms with Gasteiger partial charge in [-0.1, -0.05) is 65.0 Å². The van der Waals surface area contributed by atoms with Gasteiger partial charge in [0.25, 0.3) is 0 Å². The van der Waals surface area contributed by atoms with Crippen LogP contribution in [0.5, 0.6) is 5.75 Å². The molecule has 4 nitrogen and oxygen atoms in total. The summed E-state index contributed by atoms with van der Waals surface area (Å²) in [5.41, 5.74) is 1.70. The Morgan fingerprint density at radius 1 is 0.903 bits per heavy atom. The van der Waals surface area contributed by atoms with Crippen LogP contribution in [0.1, 0.15) is 55.3 Å². The lowest BCUT2D eigenvalue weighted by Gasteiger charge is -2.07. The highest BCUT2D eigenvalue weighted by Crippen LogP contribution is 2.30. The fraction of sp³-hybridized carbons (Fsp3) is 0.375. The number of carbonyl (C=O) groups excluding carboxylic acids is 1. The predicted molar refractivity (Wildman–Crippen MR) is 131 cm³/mol. The Bertz CT molecular complexity index is 967. The monoisotopic (exact) mass is 473 g/mol. The van der Waals surface area contributed by atoms with Gasteiger partial charge >= 0.3 is 5.97 Å². The Morgan fingerprint density at radius 2 is 1.61 bits per heavy atom. The standard InChI is InChI=1S/C24H27NO3S3/c26-24(20-9-8-14-25-18-20)28-16-7-5-3-1-2-4-6-15-27-21-12-10-19(11-13-21)22-17-23(29)31-30-22/h8-14,17-18H,1-7,15-16H2. The number of hydrogen-bond acceptors (Lipinski definition) is 7. The summed E-state index contributed by atoms with van der Waals surface area (Å²) in [6, 6.07) is 13.8. The van der Waals surface area contributed by atoms with Gasteiger partial charge in [0.2, 0.25) is 0 Å². The molecule has 0 amide bonds. The van der Waals surface area contributed by atoms with Crippen LogP contribution in [0.15, 0.2) is 54.9 Å². The number of esters is 1. The number of ether oxygens (including phenoxy) is 2. The van der Waals surface area contributed by atoms with Crippen LogP contribution in [0.2, 0.25) is 0 Å². The van der Waals surface area contributed by atoms with Crippen LogP contribution in [-0.4, -0.2) is 24.2 Å². The predicted octanol–water partition coefficient (Wildman–Crippen LogP) is 7.57. The van der Waals surface area contributed by atoms with Crippen LogP contribution in [-0.2, 0) is 4.74 Å². The van der Waals surface area contributed by atoms with E-state index in [9.17, 15) is 4.79 Å². The van der Waals surface area contributed by atoms with Gasteiger partial charge < -0.3 is 9.47 Å². The van der Waals surface area contributed by atoms with Gasteiger partial charge in [0.1, 0.15) is 9.57 Å². The number of aromatic nitrogens is 1. The molecule has 0 N–H and O–H groups in total. The third-order valence-corrected chi connectivity index (χ3v) is 7.70. The fourth-order valence-electron chi connectivity index (χ4n) is 3.10. The van der Waals surface area contributed by atoms with Crippen molar-refractivity contribution in [2.45, 2.75) is 44.9 Å². The van der Waals surface area contributed by atoms with Crippen LogP contribution < -0.4 is 4.74 Å². The van der Waals surface area contributed by atoms with E-state index in [1.807, 2.05) is 12.1 Å². The number of hydrogen-bond donors (Lipinski definition) is 0. The van der Waals surface area contributed by atoms with E-state index >= 15 is 0 Å². The van der Waals surface area contributed by atoms with Gasteiger partial charge in [-0.2, -0.15) is 0 Å². The van der Waals surface area contributed by atoms with Crippen molar-refractivity contribution >= 4 is 38.9 Å². The molecular weight excluding hydrogens is 446 g/mol. The maximum absolute atomic E-state index is 11.8. The summed E-state index contributed by atoms with van der Waals surface area (Å²) in [5.74, 6) is 0.628. The van der Waals surface area contributed by atoms with E-state index in [4.69, 9.17) is 21.7 Å². The molecule has 2 aromatic heterocycles. The number of pyridine rings is 1. The van der Waals surface area contributed by atoms with Crippen molar-refractivity contribution in [2.24, 2.45) is 0 Å². The van der Waals surface area contributed by atoms with Crippen LogP contribution in [0, 0.1) is 3.82 Å². The molecule has 3 aromatic rings. The maximum Gasteiger partial charge on any atom is 0.339 e. The molecule has 0 aliphatic carbocycles. The molecule has 0 atom stereocenters. The van der Waals surface area contributed by atoms with Crippen LogP contribution in [0.3, 0.4) is 0 Å². The molecule has 0 aliphatic rings. The zero-order chi connectivity index (χ0) is 21.7. The average Bonchev–Trinajstić information content (AvgIpc) is 3.24. The highest BCUT2D eigenvalue weighted by molar-refractivity contribution is 7.80. The second-order valence-electron chi connectivity index (χ2n) is 7.22. The molecule has 1 aromatic carbocycles. The van der Waals surface area contributed by atoms with Crippen molar-refractivity contribution in [1.82, 2.24) is 4.98 Å². The number of rotatable bonds is 13. The summed E-state index contributed by atoms with van der Waals surface area (Å²) >= 11 is 5.20. The molecule has 2 heterocycles. The van der Waals surface area contributed by atoms with E-state index in [0.717, 1.165) is 35.4 Å². The van der Waals surface area contributed by atoms with Crippen molar-refractivity contribution in [1.29, 1.82) is 0 Å². The number of unbranched alkanes of at least 4 members (excludes halogenated alkanes) is 6. The van der Waals surface area contributed by atoms with Gasteiger partial charge in [0.05, 0.1) is 18.8 Å². The Balaban J connectivity index is 1.16. The smallest absolute Gasteiger partial charge is 0.339 e. The summed E-state index contributed by atoms with van der Waals surface area (Å²) in [6.07, 6.45) is 11.0. The molecule has 0 spiro atoms. The van der Waals surface area contributed by atoms with Gasteiger partial charge in [-0.3, -0.25) is 4.98 Å². The van der Waals surface area contributed by atoms with Crippen molar-refractivity contribution in [3.63, 3.8) is 0 Å². The van der Waals surface area contributed by atoms with Crippen molar-refractivity contribution in [2.75, 3.05) is 13.2 Å². The topological polar surface area (TPSA) is 48.4 Å². The lowest BCUT2D eigenvalue weighted by molar-refractivity contribution is 0.0497. The number of nitrogens with zero attached hydrogens (tertiary/aromatic N) is 1. The molecule has 0 saturated heterocycles. The van der Waals surface area contributed by atoms with Crippen LogP contribution in [0.25, 0.3) is 10.4 Å². The minimum absolute atomic E-state index is 0.291. The molecule has 0 bridgehead atoms. The van der Waals surface area contributed by atoms with Gasteiger partial charge in [-0.15, -0.1) is 0 Å². The molecule has 3 rings (SSSR count). The molecule has 0 unspecified atom stereocenters. The first-order valence-electron chi connectivity index (χ1n) is 10.6. The van der Waals surface area contributed by atoms with E-state index < -0.39 is 0 Å². The minimum Gasteiger partial charge on any atom is -0.494 e. The summed E-state index contributed by atoms with van der Waals surface area (Å²) in [6.45, 7) is 1.23. The van der Waals surface area contributed by atoms with Crippen LogP contribution in [0.4, 0.5) is 0 Å². The molecular formula is C24H27NO3S3. The number of benzene rings is 1. The quantitative estimate of drug-likeness (QED) is 0.111. The fourth-order valence-corrected chi connectivity index (χ4v) is 5.50. The van der Waals surface area contributed by atoms with E-state index in [1.54, 1.807) is 39.0 Å². The summed E-state index contributed by atoms with van der Waals surface area (Å²) in [4.78, 5) is 16.9. The second-order valence-corrected chi connectivity index (χ2v) is 10.1. The third kappa shape index (κ3) is 8.51. The Kier molecular flexibility index (Phi) is 10.2. The molecule has 164 valence electrons. The normalized spacial score (nSPS) is 10.7. The molecule has 0 saturated carbocycles. The lowest BCUT2D eigenvalue weighted by Crippen LogP contribution is -2.06. The summed E-state index contributed by atoms with van der Waals surface area (Å²) in [7, 11) is 3.35. The van der Waals surface area contributed by atoms with Gasteiger partial charge in [-0.05, 0) is 60.9 Å². The maximum atomic E-state index is 11.8. The van der Waals surface area contributed by atoms with E-state index in [-0.39, 0.29) is 5.97 Å². The third-order valence-electron chi connectivity index (χ3n) is 4.79. The number of carbonyl (C=O) groups is 1. The van der Waals surface area contributed by atoms with Gasteiger partial charge in [-0.25, -0.2) is 4.79 Å². The molecule has 0 radical (unpaired) electrons. The van der Waals surface area contributed by atoms with Gasteiger partial charge in [0.15, 0.2) is 0 Å². The zero-order valence-corrected chi connectivity index (χ0v) is 19.9. The summed E-state index contributed by atoms with van der Waals surface area (Å²) in [5, 5.41) is 0. The molecule has 7 heteroatoms. The van der Waals surface area contributed by atoms with E-state index in [1.165, 1.54) is 42.3 Å². The van der Waals surface area contributed by atoms with E-state index in [0.29, 0.717) is 12.2 Å². The SMILES string of the molecule is O=C(OCCCCCCCCCOc1ccc(-c2cc(=S)ss2)cc1)c1cccnc1.